The molecule has 0 aromatic heterocycles. The van der Waals surface area contributed by atoms with Crippen LogP contribution in [0.15, 0.2) is 0 Å². The molecule has 0 heteroatoms. The molecular weight excluding hydrogens is 168 g/mol. The zero-order valence-corrected chi connectivity index (χ0v) is 11.1. The first-order valence-corrected chi connectivity index (χ1v) is 6.58. The molecule has 0 spiro atoms. The van der Waals surface area contributed by atoms with Gasteiger partial charge in [0.15, 0.2) is 0 Å². The highest BCUT2D eigenvalue weighted by Crippen LogP contribution is 2.34. The van der Waals surface area contributed by atoms with Gasteiger partial charge in [-0.05, 0) is 23.7 Å². The molecule has 2 atom stereocenters. The highest BCUT2D eigenvalue weighted by molar-refractivity contribution is 4.75. The number of hydrogen-bond donors (Lipinski definition) is 0. The molecular formula is C14H30. The summed E-state index contributed by atoms with van der Waals surface area (Å²) < 4.78 is 0. The van der Waals surface area contributed by atoms with E-state index < -0.39 is 0 Å². The van der Waals surface area contributed by atoms with Crippen molar-refractivity contribution < 1.29 is 0 Å². The molecule has 0 aliphatic rings. The van der Waals surface area contributed by atoms with Crippen molar-refractivity contribution in [2.24, 2.45) is 23.7 Å². The lowest BCUT2D eigenvalue weighted by atomic mass is 9.73. The van der Waals surface area contributed by atoms with Crippen LogP contribution in [0.5, 0.6) is 0 Å². The zero-order chi connectivity index (χ0) is 11.1. The summed E-state index contributed by atoms with van der Waals surface area (Å²) in [5, 5.41) is 0. The van der Waals surface area contributed by atoms with Crippen LogP contribution in [0.4, 0.5) is 0 Å². The van der Waals surface area contributed by atoms with E-state index in [1.165, 1.54) is 25.7 Å². The molecule has 0 N–H and O–H groups in total. The van der Waals surface area contributed by atoms with Gasteiger partial charge in [0.05, 0.1) is 0 Å². The molecule has 0 aromatic carbocycles. The minimum absolute atomic E-state index is 0.840. The fourth-order valence-electron chi connectivity index (χ4n) is 2.65. The van der Waals surface area contributed by atoms with Crippen LogP contribution in [0.3, 0.4) is 0 Å². The first-order chi connectivity index (χ1) is 6.58. The van der Waals surface area contributed by atoms with Gasteiger partial charge >= 0.3 is 0 Å². The van der Waals surface area contributed by atoms with E-state index in [4.69, 9.17) is 0 Å². The molecule has 0 amide bonds. The Hall–Kier alpha value is 0. The van der Waals surface area contributed by atoms with Crippen molar-refractivity contribution in [1.29, 1.82) is 0 Å². The van der Waals surface area contributed by atoms with Gasteiger partial charge in [-0.1, -0.05) is 67.2 Å². The summed E-state index contributed by atoms with van der Waals surface area (Å²) in [6.07, 6.45) is 5.49. The molecule has 0 aliphatic heterocycles. The van der Waals surface area contributed by atoms with Gasteiger partial charge in [-0.25, -0.2) is 0 Å². The van der Waals surface area contributed by atoms with Gasteiger partial charge in [-0.2, -0.15) is 0 Å². The van der Waals surface area contributed by atoms with Crippen LogP contribution in [0, 0.1) is 23.7 Å². The summed E-state index contributed by atoms with van der Waals surface area (Å²) >= 11 is 0. The second kappa shape index (κ2) is 7.31. The molecule has 0 heterocycles. The van der Waals surface area contributed by atoms with Gasteiger partial charge in [0, 0.05) is 0 Å². The van der Waals surface area contributed by atoms with Gasteiger partial charge in [0.1, 0.15) is 0 Å². The van der Waals surface area contributed by atoms with Crippen molar-refractivity contribution in [3.05, 3.63) is 0 Å². The Bertz CT molecular complexity index is 120. The Morgan fingerprint density at radius 3 is 1.64 bits per heavy atom. The molecule has 0 nitrogen and oxygen atoms in total. The molecule has 0 fully saturated rings. The standard InChI is InChI=1S/C14H30/c1-7-10-14(12(6)11(4)5)13(8-2)9-3/h11-14H,7-10H2,1-6H3. The van der Waals surface area contributed by atoms with Crippen molar-refractivity contribution in [1.82, 2.24) is 0 Å². The third kappa shape index (κ3) is 4.02. The fourth-order valence-corrected chi connectivity index (χ4v) is 2.65. The first-order valence-electron chi connectivity index (χ1n) is 6.58. The van der Waals surface area contributed by atoms with E-state index in [0.717, 1.165) is 23.7 Å². The SMILES string of the molecule is CCCC(C(CC)CC)C(C)C(C)C. The molecule has 0 radical (unpaired) electrons. The normalized spacial score (nSPS) is 16.3. The molecule has 0 aliphatic carbocycles. The van der Waals surface area contributed by atoms with E-state index in [9.17, 15) is 0 Å². The van der Waals surface area contributed by atoms with Crippen LogP contribution < -0.4 is 0 Å². The topological polar surface area (TPSA) is 0 Å². The summed E-state index contributed by atoms with van der Waals surface area (Å²) in [6.45, 7) is 14.2. The average molecular weight is 198 g/mol. The lowest BCUT2D eigenvalue weighted by molar-refractivity contribution is 0.170. The molecule has 0 aromatic rings. The van der Waals surface area contributed by atoms with E-state index in [2.05, 4.69) is 41.5 Å². The van der Waals surface area contributed by atoms with Crippen LogP contribution in [-0.4, -0.2) is 0 Å². The second-order valence-corrected chi connectivity index (χ2v) is 5.13. The molecule has 2 unspecified atom stereocenters. The fraction of sp³-hybridized carbons (Fsp3) is 1.00. The minimum Gasteiger partial charge on any atom is -0.0654 e. The monoisotopic (exact) mass is 198 g/mol. The molecule has 0 saturated carbocycles. The molecule has 0 rings (SSSR count). The Balaban J connectivity index is 4.38. The first kappa shape index (κ1) is 14.0. The zero-order valence-electron chi connectivity index (χ0n) is 11.1. The van der Waals surface area contributed by atoms with Crippen LogP contribution in [-0.2, 0) is 0 Å². The van der Waals surface area contributed by atoms with Gasteiger partial charge < -0.3 is 0 Å². The van der Waals surface area contributed by atoms with E-state index in [1.54, 1.807) is 0 Å². The van der Waals surface area contributed by atoms with E-state index in [-0.39, 0.29) is 0 Å². The van der Waals surface area contributed by atoms with Gasteiger partial charge in [0.25, 0.3) is 0 Å². The number of hydrogen-bond acceptors (Lipinski definition) is 0. The summed E-state index contributed by atoms with van der Waals surface area (Å²) in [4.78, 5) is 0. The largest absolute Gasteiger partial charge is 0.0654 e. The van der Waals surface area contributed by atoms with Gasteiger partial charge in [0.2, 0.25) is 0 Å². The third-order valence-corrected chi connectivity index (χ3v) is 4.00. The highest BCUT2D eigenvalue weighted by Gasteiger charge is 2.25. The van der Waals surface area contributed by atoms with Crippen molar-refractivity contribution in [3.8, 4) is 0 Å². The van der Waals surface area contributed by atoms with Crippen LogP contribution >= 0.6 is 0 Å². The minimum atomic E-state index is 0.840. The Morgan fingerprint density at radius 2 is 1.36 bits per heavy atom. The summed E-state index contributed by atoms with van der Waals surface area (Å²) in [5.74, 6) is 3.63. The number of rotatable bonds is 7. The van der Waals surface area contributed by atoms with Gasteiger partial charge in [-0.15, -0.1) is 0 Å². The summed E-state index contributed by atoms with van der Waals surface area (Å²) in [7, 11) is 0. The molecule has 0 saturated heterocycles. The maximum absolute atomic E-state index is 2.45. The quantitative estimate of drug-likeness (QED) is 0.532. The predicted molar refractivity (Wildman–Crippen MR) is 66.5 cm³/mol. The molecule has 86 valence electrons. The Morgan fingerprint density at radius 1 is 0.857 bits per heavy atom. The van der Waals surface area contributed by atoms with Gasteiger partial charge in [-0.3, -0.25) is 0 Å². The van der Waals surface area contributed by atoms with Crippen LogP contribution in [0.1, 0.15) is 67.2 Å². The molecule has 0 bridgehead atoms. The summed E-state index contributed by atoms with van der Waals surface area (Å²) in [6, 6.07) is 0. The third-order valence-electron chi connectivity index (χ3n) is 4.00. The smallest absolute Gasteiger partial charge is 0.0358 e. The predicted octanol–water partition coefficient (Wildman–Crippen LogP) is 5.13. The van der Waals surface area contributed by atoms with E-state index in [1.807, 2.05) is 0 Å². The Kier molecular flexibility index (Phi) is 7.31. The maximum atomic E-state index is 2.45. The van der Waals surface area contributed by atoms with Crippen molar-refractivity contribution in [2.45, 2.75) is 67.2 Å². The highest BCUT2D eigenvalue weighted by atomic mass is 14.3. The maximum Gasteiger partial charge on any atom is -0.0358 e. The summed E-state index contributed by atoms with van der Waals surface area (Å²) in [5.41, 5.74) is 0. The molecule has 14 heavy (non-hydrogen) atoms. The second-order valence-electron chi connectivity index (χ2n) is 5.13. The Labute approximate surface area is 91.5 Å². The van der Waals surface area contributed by atoms with Crippen LogP contribution in [0.25, 0.3) is 0 Å². The van der Waals surface area contributed by atoms with Crippen molar-refractivity contribution in [3.63, 3.8) is 0 Å². The average Bonchev–Trinajstić information content (AvgIpc) is 2.17. The van der Waals surface area contributed by atoms with E-state index >= 15 is 0 Å². The van der Waals surface area contributed by atoms with Crippen molar-refractivity contribution in [2.75, 3.05) is 0 Å². The van der Waals surface area contributed by atoms with E-state index in [0.29, 0.717) is 0 Å². The lowest BCUT2D eigenvalue weighted by Gasteiger charge is -2.33. The van der Waals surface area contributed by atoms with Crippen LogP contribution in [0.2, 0.25) is 0 Å². The lowest BCUT2D eigenvalue weighted by Crippen LogP contribution is -2.24. The van der Waals surface area contributed by atoms with Crippen molar-refractivity contribution >= 4 is 0 Å².